The van der Waals surface area contributed by atoms with Gasteiger partial charge in [-0.1, -0.05) is 72.8 Å². The van der Waals surface area contributed by atoms with Gasteiger partial charge in [0, 0.05) is 12.6 Å². The fraction of sp³-hybridized carbons (Fsp3) is 0.0500. The summed E-state index contributed by atoms with van der Waals surface area (Å²) >= 11 is 0. The van der Waals surface area contributed by atoms with Crippen LogP contribution in [0.3, 0.4) is 0 Å². The van der Waals surface area contributed by atoms with Crippen LogP contribution in [0.15, 0.2) is 78.9 Å². The van der Waals surface area contributed by atoms with E-state index in [9.17, 15) is 4.79 Å². The first kappa shape index (κ1) is 14.1. The third kappa shape index (κ3) is 3.41. The van der Waals surface area contributed by atoms with Gasteiger partial charge >= 0.3 is 0 Å². The van der Waals surface area contributed by atoms with Crippen LogP contribution in [0.25, 0.3) is 16.8 Å². The number of hydrogen-bond acceptors (Lipinski definition) is 1. The van der Waals surface area contributed by atoms with Crippen molar-refractivity contribution in [3.63, 3.8) is 0 Å². The van der Waals surface area contributed by atoms with E-state index in [1.54, 1.807) is 6.08 Å². The van der Waals surface area contributed by atoms with Gasteiger partial charge in [-0.15, -0.1) is 0 Å². The molecule has 3 aromatic rings. The molecule has 0 bridgehead atoms. The van der Waals surface area contributed by atoms with Gasteiger partial charge in [-0.2, -0.15) is 0 Å². The van der Waals surface area contributed by atoms with Crippen molar-refractivity contribution in [2.75, 3.05) is 0 Å². The van der Waals surface area contributed by atoms with Crippen LogP contribution in [0.5, 0.6) is 0 Å². The standard InChI is InChI=1S/C20H17NO/c22-20(21-15-16-7-2-1-3-8-16)14-13-18-11-6-10-17-9-4-5-12-19(17)18/h1-14H,15H2,(H,21,22)/b14-13-. The monoisotopic (exact) mass is 287 g/mol. The summed E-state index contributed by atoms with van der Waals surface area (Å²) in [5, 5.41) is 5.22. The zero-order valence-electron chi connectivity index (χ0n) is 12.2. The van der Waals surface area contributed by atoms with E-state index in [2.05, 4.69) is 23.5 Å². The molecule has 0 radical (unpaired) electrons. The Labute approximate surface area is 130 Å². The van der Waals surface area contributed by atoms with E-state index in [1.807, 2.05) is 60.7 Å². The third-order valence-electron chi connectivity index (χ3n) is 3.55. The van der Waals surface area contributed by atoms with Crippen LogP contribution in [0.2, 0.25) is 0 Å². The molecule has 22 heavy (non-hydrogen) atoms. The number of hydrogen-bond donors (Lipinski definition) is 1. The van der Waals surface area contributed by atoms with Crippen LogP contribution in [-0.4, -0.2) is 5.91 Å². The Morgan fingerprint density at radius 1 is 0.864 bits per heavy atom. The predicted molar refractivity (Wildman–Crippen MR) is 91.3 cm³/mol. The van der Waals surface area contributed by atoms with Gasteiger partial charge in [0.05, 0.1) is 0 Å². The Morgan fingerprint density at radius 3 is 2.45 bits per heavy atom. The number of benzene rings is 3. The molecule has 0 aromatic heterocycles. The number of carbonyl (C=O) groups is 1. The minimum Gasteiger partial charge on any atom is -0.348 e. The lowest BCUT2D eigenvalue weighted by molar-refractivity contribution is -0.116. The molecule has 0 heterocycles. The first-order valence-electron chi connectivity index (χ1n) is 7.30. The van der Waals surface area contributed by atoms with E-state index in [-0.39, 0.29) is 5.91 Å². The molecule has 0 saturated carbocycles. The Balaban J connectivity index is 1.69. The van der Waals surface area contributed by atoms with E-state index >= 15 is 0 Å². The van der Waals surface area contributed by atoms with Crippen molar-refractivity contribution in [3.8, 4) is 0 Å². The van der Waals surface area contributed by atoms with Gasteiger partial charge in [0.1, 0.15) is 0 Å². The number of rotatable bonds is 4. The minimum atomic E-state index is -0.0863. The molecule has 2 heteroatoms. The maximum absolute atomic E-state index is 11.9. The molecule has 0 aliphatic heterocycles. The second kappa shape index (κ2) is 6.72. The molecule has 3 rings (SSSR count). The number of nitrogens with one attached hydrogen (secondary N) is 1. The van der Waals surface area contributed by atoms with Crippen LogP contribution < -0.4 is 5.32 Å². The van der Waals surface area contributed by atoms with Crippen LogP contribution in [0.4, 0.5) is 0 Å². The average molecular weight is 287 g/mol. The molecule has 0 fully saturated rings. The van der Waals surface area contributed by atoms with E-state index in [0.29, 0.717) is 6.54 Å². The van der Waals surface area contributed by atoms with Crippen LogP contribution >= 0.6 is 0 Å². The van der Waals surface area contributed by atoms with Crippen molar-refractivity contribution >= 4 is 22.8 Å². The maximum atomic E-state index is 11.9. The highest BCUT2D eigenvalue weighted by Crippen LogP contribution is 2.19. The summed E-state index contributed by atoms with van der Waals surface area (Å²) in [7, 11) is 0. The van der Waals surface area contributed by atoms with Crippen molar-refractivity contribution in [2.45, 2.75) is 6.54 Å². The minimum absolute atomic E-state index is 0.0863. The normalized spacial score (nSPS) is 10.9. The Kier molecular flexibility index (Phi) is 4.30. The SMILES string of the molecule is O=C(/C=C\c1cccc2ccccc12)NCc1ccccc1. The van der Waals surface area contributed by atoms with Gasteiger partial charge < -0.3 is 5.32 Å². The largest absolute Gasteiger partial charge is 0.348 e. The fourth-order valence-electron chi connectivity index (χ4n) is 2.41. The highest BCUT2D eigenvalue weighted by Gasteiger charge is 1.99. The fourth-order valence-corrected chi connectivity index (χ4v) is 2.41. The predicted octanol–water partition coefficient (Wildman–Crippen LogP) is 4.17. The molecule has 0 saturated heterocycles. The van der Waals surface area contributed by atoms with E-state index in [0.717, 1.165) is 16.5 Å². The highest BCUT2D eigenvalue weighted by atomic mass is 16.1. The molecule has 1 N–H and O–H groups in total. The molecule has 0 aliphatic carbocycles. The molecule has 108 valence electrons. The molecule has 3 aromatic carbocycles. The van der Waals surface area contributed by atoms with Crippen molar-refractivity contribution in [1.29, 1.82) is 0 Å². The first-order valence-corrected chi connectivity index (χ1v) is 7.30. The number of fused-ring (bicyclic) bond motifs is 1. The summed E-state index contributed by atoms with van der Waals surface area (Å²) in [6, 6.07) is 24.1. The van der Waals surface area contributed by atoms with Crippen molar-refractivity contribution in [3.05, 3.63) is 90.0 Å². The lowest BCUT2D eigenvalue weighted by Gasteiger charge is -2.03. The van der Waals surface area contributed by atoms with Crippen molar-refractivity contribution in [1.82, 2.24) is 5.32 Å². The summed E-state index contributed by atoms with van der Waals surface area (Å²) in [4.78, 5) is 11.9. The highest BCUT2D eigenvalue weighted by molar-refractivity contribution is 5.96. The molecule has 0 aliphatic rings. The molecule has 0 unspecified atom stereocenters. The number of carbonyl (C=O) groups excluding carboxylic acids is 1. The Bertz CT molecular complexity index is 801. The van der Waals surface area contributed by atoms with Crippen LogP contribution in [0, 0.1) is 0 Å². The zero-order valence-corrected chi connectivity index (χ0v) is 12.2. The molecule has 2 nitrogen and oxygen atoms in total. The first-order chi connectivity index (χ1) is 10.8. The summed E-state index contributed by atoms with van der Waals surface area (Å²) < 4.78 is 0. The smallest absolute Gasteiger partial charge is 0.244 e. The second-order valence-electron chi connectivity index (χ2n) is 5.11. The molecular weight excluding hydrogens is 270 g/mol. The lowest BCUT2D eigenvalue weighted by atomic mass is 10.0. The number of amides is 1. The van der Waals surface area contributed by atoms with Gasteiger partial charge in [0.2, 0.25) is 5.91 Å². The maximum Gasteiger partial charge on any atom is 0.244 e. The van der Waals surface area contributed by atoms with Gasteiger partial charge in [-0.05, 0) is 28.0 Å². The molecule has 0 spiro atoms. The van der Waals surface area contributed by atoms with E-state index < -0.39 is 0 Å². The topological polar surface area (TPSA) is 29.1 Å². The average Bonchev–Trinajstić information content (AvgIpc) is 2.59. The van der Waals surface area contributed by atoms with Gasteiger partial charge in [0.25, 0.3) is 0 Å². The summed E-state index contributed by atoms with van der Waals surface area (Å²) in [5.74, 6) is -0.0863. The van der Waals surface area contributed by atoms with Crippen molar-refractivity contribution < 1.29 is 4.79 Å². The third-order valence-corrected chi connectivity index (χ3v) is 3.55. The quantitative estimate of drug-likeness (QED) is 0.717. The van der Waals surface area contributed by atoms with Crippen LogP contribution in [-0.2, 0) is 11.3 Å². The summed E-state index contributed by atoms with van der Waals surface area (Å²) in [5.41, 5.74) is 2.14. The second-order valence-corrected chi connectivity index (χ2v) is 5.11. The molecule has 1 amide bonds. The van der Waals surface area contributed by atoms with Gasteiger partial charge in [-0.25, -0.2) is 0 Å². The van der Waals surface area contributed by atoms with E-state index in [1.165, 1.54) is 5.39 Å². The summed E-state index contributed by atoms with van der Waals surface area (Å²) in [6.45, 7) is 0.541. The van der Waals surface area contributed by atoms with Gasteiger partial charge in [-0.3, -0.25) is 4.79 Å². The van der Waals surface area contributed by atoms with E-state index in [4.69, 9.17) is 0 Å². The Morgan fingerprint density at radius 2 is 1.59 bits per heavy atom. The summed E-state index contributed by atoms with van der Waals surface area (Å²) in [6.07, 6.45) is 3.45. The van der Waals surface area contributed by atoms with Gasteiger partial charge in [0.15, 0.2) is 0 Å². The lowest BCUT2D eigenvalue weighted by Crippen LogP contribution is -2.20. The Hall–Kier alpha value is -2.87. The molecule has 0 atom stereocenters. The zero-order chi connectivity index (χ0) is 15.2. The van der Waals surface area contributed by atoms with Crippen LogP contribution in [0.1, 0.15) is 11.1 Å². The van der Waals surface area contributed by atoms with Crippen molar-refractivity contribution in [2.24, 2.45) is 0 Å². The molecular formula is C20H17NO.